The molecule has 16 heteroatoms. The van der Waals surface area contributed by atoms with E-state index in [2.05, 4.69) is 30.3 Å². The van der Waals surface area contributed by atoms with Crippen molar-refractivity contribution in [2.45, 2.75) is 95.2 Å². The number of anilines is 2. The molecule has 2 atom stereocenters. The Kier molecular flexibility index (Phi) is 13.5. The summed E-state index contributed by atoms with van der Waals surface area (Å²) in [6.45, 7) is 8.71. The molecule has 6 aliphatic rings. The van der Waals surface area contributed by atoms with Crippen LogP contribution in [-0.2, 0) is 19.2 Å². The number of fused-ring (bicyclic) bond motifs is 2. The molecule has 3 aromatic carbocycles. The van der Waals surface area contributed by atoms with E-state index in [-0.39, 0.29) is 54.0 Å². The highest BCUT2D eigenvalue weighted by Crippen LogP contribution is 2.41. The lowest BCUT2D eigenvalue weighted by Gasteiger charge is -2.43. The molecule has 69 heavy (non-hydrogen) atoms. The molecule has 4 saturated heterocycles. The molecule has 362 valence electrons. The molecule has 15 nitrogen and oxygen atoms in total. The van der Waals surface area contributed by atoms with Crippen LogP contribution in [0, 0.1) is 17.7 Å². The summed E-state index contributed by atoms with van der Waals surface area (Å²) in [5.74, 6) is -0.979. The Hall–Kier alpha value is -6.26. The maximum atomic E-state index is 14.1. The highest BCUT2D eigenvalue weighted by atomic mass is 19.1. The van der Waals surface area contributed by atoms with Crippen molar-refractivity contribution in [2.24, 2.45) is 11.8 Å². The van der Waals surface area contributed by atoms with Gasteiger partial charge in [-0.25, -0.2) is 4.39 Å². The number of nitrogens with one attached hydrogen (secondary N) is 2. The van der Waals surface area contributed by atoms with Crippen LogP contribution in [0.1, 0.15) is 103 Å². The highest BCUT2D eigenvalue weighted by Gasteiger charge is 2.45. The van der Waals surface area contributed by atoms with E-state index in [0.29, 0.717) is 48.6 Å². The predicted octanol–water partition coefficient (Wildman–Crippen LogP) is 5.98. The van der Waals surface area contributed by atoms with E-state index in [1.54, 1.807) is 30.5 Å². The summed E-state index contributed by atoms with van der Waals surface area (Å²) in [6, 6.07) is 19.1. The summed E-state index contributed by atoms with van der Waals surface area (Å²) >= 11 is 0. The number of halogens is 1. The number of aromatic nitrogens is 1. The smallest absolute Gasteiger partial charge is 0.262 e. The molecule has 6 heterocycles. The standard InChI is InChI=1S/C53H61FN8O7/c1-33(34-5-7-35(8-6-34)42-15-20-55-46-12-9-36(54)29-44(42)46)50(65)56-37-3-2-4-41(30-37)69-40-18-23-61(24-19-40)49(64)32-58-21-16-38(17-22-58)59-25-27-60(28-26-59)39-10-11-43-45(31-39)53(68)62(52(43)67)47-13-14-48(63)57-51(47)66/h2-4,9-12,15,20,29-31,33-35,38,40,47H,5-8,13-14,16-19,21-28,32H2,1H3,(H,56,65)(H,57,63,66)/t33-,34?,35?,47?/m1/s1. The average Bonchev–Trinajstić information content (AvgIpc) is 3.61. The molecule has 1 saturated carbocycles. The van der Waals surface area contributed by atoms with Gasteiger partial charge in [0.1, 0.15) is 23.7 Å². The van der Waals surface area contributed by atoms with Crippen LogP contribution in [0.4, 0.5) is 15.8 Å². The van der Waals surface area contributed by atoms with Crippen LogP contribution in [0.5, 0.6) is 5.75 Å². The van der Waals surface area contributed by atoms with Gasteiger partial charge in [-0.3, -0.25) is 53.8 Å². The zero-order valence-corrected chi connectivity index (χ0v) is 39.2. The number of amides is 6. The summed E-state index contributed by atoms with van der Waals surface area (Å²) < 4.78 is 20.5. The van der Waals surface area contributed by atoms with Gasteiger partial charge in [0.15, 0.2) is 0 Å². The van der Waals surface area contributed by atoms with Gasteiger partial charge in [-0.2, -0.15) is 0 Å². The lowest BCUT2D eigenvalue weighted by molar-refractivity contribution is -0.136. The molecule has 2 N–H and O–H groups in total. The van der Waals surface area contributed by atoms with Crippen LogP contribution in [0.25, 0.3) is 10.9 Å². The van der Waals surface area contributed by atoms with Gasteiger partial charge in [0, 0.05) is 113 Å². The number of rotatable bonds is 11. The fraction of sp³-hybridized carbons (Fsp3) is 0.491. The first-order chi connectivity index (χ1) is 33.4. The molecule has 10 rings (SSSR count). The molecule has 4 aromatic rings. The Bertz CT molecular complexity index is 2630. The Morgan fingerprint density at radius 2 is 1.55 bits per heavy atom. The Balaban J connectivity index is 0.626. The lowest BCUT2D eigenvalue weighted by Crippen LogP contribution is -2.54. The van der Waals surface area contributed by atoms with Gasteiger partial charge < -0.3 is 19.9 Å². The highest BCUT2D eigenvalue weighted by molar-refractivity contribution is 6.23. The number of hydrogen-bond acceptors (Lipinski definition) is 11. The maximum absolute atomic E-state index is 14.1. The zero-order chi connectivity index (χ0) is 47.8. The number of carbonyl (C=O) groups is 6. The Morgan fingerprint density at radius 1 is 0.797 bits per heavy atom. The first-order valence-corrected chi connectivity index (χ1v) is 24.9. The van der Waals surface area contributed by atoms with Gasteiger partial charge in [-0.15, -0.1) is 0 Å². The van der Waals surface area contributed by atoms with Gasteiger partial charge in [0.05, 0.1) is 23.2 Å². The predicted molar refractivity (Wildman–Crippen MR) is 257 cm³/mol. The van der Waals surface area contributed by atoms with E-state index in [1.165, 1.54) is 6.07 Å². The number of ether oxygens (including phenoxy) is 1. The lowest BCUT2D eigenvalue weighted by atomic mass is 9.73. The second-order valence-corrected chi connectivity index (χ2v) is 19.9. The van der Waals surface area contributed by atoms with Crippen molar-refractivity contribution in [1.29, 1.82) is 0 Å². The molecule has 5 aliphatic heterocycles. The average molecular weight is 941 g/mol. The van der Waals surface area contributed by atoms with E-state index in [9.17, 15) is 33.2 Å². The maximum Gasteiger partial charge on any atom is 0.262 e. The summed E-state index contributed by atoms with van der Waals surface area (Å²) in [5.41, 5.74) is 4.10. The van der Waals surface area contributed by atoms with Gasteiger partial charge in [0.2, 0.25) is 23.6 Å². The first-order valence-electron chi connectivity index (χ1n) is 24.9. The minimum Gasteiger partial charge on any atom is -0.490 e. The zero-order valence-electron chi connectivity index (χ0n) is 39.2. The number of pyridine rings is 1. The van der Waals surface area contributed by atoms with Gasteiger partial charge in [0.25, 0.3) is 11.8 Å². The Labute approximate surface area is 401 Å². The third-order valence-corrected chi connectivity index (χ3v) is 15.8. The van der Waals surface area contributed by atoms with Crippen molar-refractivity contribution >= 4 is 57.7 Å². The summed E-state index contributed by atoms with van der Waals surface area (Å²) in [5, 5.41) is 6.26. The van der Waals surface area contributed by atoms with Crippen molar-refractivity contribution in [2.75, 3.05) is 69.1 Å². The number of imide groups is 2. The number of benzene rings is 3. The van der Waals surface area contributed by atoms with E-state index in [0.717, 1.165) is 118 Å². The van der Waals surface area contributed by atoms with Gasteiger partial charge >= 0.3 is 0 Å². The van der Waals surface area contributed by atoms with Crippen molar-refractivity contribution in [3.8, 4) is 5.75 Å². The normalized spacial score (nSPS) is 23.8. The number of piperazine rings is 1. The summed E-state index contributed by atoms with van der Waals surface area (Å²) in [6.07, 6.45) is 9.19. The Morgan fingerprint density at radius 3 is 2.30 bits per heavy atom. The number of hydrogen-bond donors (Lipinski definition) is 2. The fourth-order valence-corrected chi connectivity index (χ4v) is 11.7. The minimum atomic E-state index is -0.985. The first kappa shape index (κ1) is 46.5. The van der Waals surface area contributed by atoms with Gasteiger partial charge in [-0.1, -0.05) is 13.0 Å². The molecule has 5 fully saturated rings. The number of likely N-dealkylation sites (tertiary alicyclic amines) is 2. The van der Waals surface area contributed by atoms with Gasteiger partial charge in [-0.05, 0) is 117 Å². The third-order valence-electron chi connectivity index (χ3n) is 15.8. The van der Waals surface area contributed by atoms with E-state index in [4.69, 9.17) is 4.74 Å². The second kappa shape index (κ2) is 20.0. The molecular weight excluding hydrogens is 880 g/mol. The molecule has 0 radical (unpaired) electrons. The molecule has 1 unspecified atom stereocenters. The van der Waals surface area contributed by atoms with Crippen LogP contribution in [-0.4, -0.2) is 137 Å². The van der Waals surface area contributed by atoms with Crippen molar-refractivity contribution in [3.05, 3.63) is 95.4 Å². The topological polar surface area (TPSA) is 165 Å². The largest absolute Gasteiger partial charge is 0.490 e. The molecule has 0 bridgehead atoms. The SMILES string of the molecule is C[C@@H](C(=O)Nc1cccc(OC2CCN(C(=O)CN3CCC(N4CCN(c5ccc6c(c5)C(=O)N(C5CCC(=O)NC5=O)C6=O)CC4)CC3)CC2)c1)C1CCC(c2ccnc3ccc(F)cc23)CC1. The second-order valence-electron chi connectivity index (χ2n) is 19.9. The number of piperidine rings is 3. The molecule has 6 amide bonds. The van der Waals surface area contributed by atoms with Crippen LogP contribution >= 0.6 is 0 Å². The third kappa shape index (κ3) is 9.96. The monoisotopic (exact) mass is 940 g/mol. The van der Waals surface area contributed by atoms with E-state index >= 15 is 0 Å². The van der Waals surface area contributed by atoms with Crippen molar-refractivity contribution < 1.29 is 37.9 Å². The molecule has 1 aromatic heterocycles. The molecule has 1 aliphatic carbocycles. The quantitative estimate of drug-likeness (QED) is 0.170. The number of nitrogens with zero attached hydrogens (tertiary/aromatic N) is 6. The fourth-order valence-electron chi connectivity index (χ4n) is 11.7. The van der Waals surface area contributed by atoms with Crippen LogP contribution < -0.4 is 20.3 Å². The molecule has 0 spiro atoms. The summed E-state index contributed by atoms with van der Waals surface area (Å²) in [4.78, 5) is 92.1. The van der Waals surface area contributed by atoms with E-state index in [1.807, 2.05) is 48.2 Å². The summed E-state index contributed by atoms with van der Waals surface area (Å²) in [7, 11) is 0. The minimum absolute atomic E-state index is 0.00106. The van der Waals surface area contributed by atoms with Crippen LogP contribution in [0.2, 0.25) is 0 Å². The van der Waals surface area contributed by atoms with Crippen molar-refractivity contribution in [1.82, 2.24) is 29.9 Å². The van der Waals surface area contributed by atoms with Crippen LogP contribution in [0.3, 0.4) is 0 Å². The number of carbonyl (C=O) groups excluding carboxylic acids is 6. The molecular formula is C53H61FN8O7. The van der Waals surface area contributed by atoms with E-state index < -0.39 is 29.7 Å². The van der Waals surface area contributed by atoms with Crippen molar-refractivity contribution in [3.63, 3.8) is 0 Å². The van der Waals surface area contributed by atoms with Crippen LogP contribution in [0.15, 0.2) is 72.9 Å².